The van der Waals surface area contributed by atoms with Crippen LogP contribution in [0.15, 0.2) is 12.1 Å². The summed E-state index contributed by atoms with van der Waals surface area (Å²) in [6, 6.07) is 4.46. The summed E-state index contributed by atoms with van der Waals surface area (Å²) in [5.74, 6) is 0.445. The normalized spacial score (nSPS) is 22.9. The van der Waals surface area contributed by atoms with E-state index in [1.54, 1.807) is 0 Å². The molecule has 2 heteroatoms. The summed E-state index contributed by atoms with van der Waals surface area (Å²) in [5.41, 5.74) is 5.48. The molecule has 82 valence electrons. The van der Waals surface area contributed by atoms with Gasteiger partial charge in [0.05, 0.1) is 0 Å². The first kappa shape index (κ1) is 11.3. The number of aryl methyl sites for hydroxylation is 3. The van der Waals surface area contributed by atoms with E-state index in [1.807, 2.05) is 0 Å². The van der Waals surface area contributed by atoms with Crippen molar-refractivity contribution >= 4 is 23.2 Å². The van der Waals surface area contributed by atoms with Gasteiger partial charge >= 0.3 is 0 Å². The number of rotatable bonds is 2. The molecule has 1 aromatic carbocycles. The summed E-state index contributed by atoms with van der Waals surface area (Å²) in [6.45, 7) is 6.47. The second kappa shape index (κ2) is 3.68. The van der Waals surface area contributed by atoms with Crippen LogP contribution in [0.2, 0.25) is 0 Å². The zero-order valence-corrected chi connectivity index (χ0v) is 10.9. The van der Waals surface area contributed by atoms with Gasteiger partial charge in [-0.2, -0.15) is 0 Å². The fourth-order valence-corrected chi connectivity index (χ4v) is 2.80. The Hall–Kier alpha value is -0.200. The second-order valence-electron chi connectivity index (χ2n) is 4.74. The van der Waals surface area contributed by atoms with Crippen molar-refractivity contribution in [3.63, 3.8) is 0 Å². The molecule has 2 rings (SSSR count). The van der Waals surface area contributed by atoms with Crippen molar-refractivity contribution < 1.29 is 0 Å². The third-order valence-corrected chi connectivity index (χ3v) is 4.17. The SMILES string of the molecule is Cc1cc(C)c(CC2CC2(Cl)Cl)c(C)c1. The average molecular weight is 243 g/mol. The summed E-state index contributed by atoms with van der Waals surface area (Å²) in [7, 11) is 0. The highest BCUT2D eigenvalue weighted by molar-refractivity contribution is 6.50. The highest BCUT2D eigenvalue weighted by Gasteiger charge is 2.51. The Balaban J connectivity index is 2.22. The van der Waals surface area contributed by atoms with Crippen molar-refractivity contribution in [2.75, 3.05) is 0 Å². The molecule has 0 bridgehead atoms. The molecule has 0 nitrogen and oxygen atoms in total. The average Bonchev–Trinajstić information content (AvgIpc) is 2.66. The first-order valence-electron chi connectivity index (χ1n) is 5.34. The maximum absolute atomic E-state index is 6.06. The molecule has 0 radical (unpaired) electrons. The first-order chi connectivity index (χ1) is 6.90. The highest BCUT2D eigenvalue weighted by Crippen LogP contribution is 2.54. The zero-order chi connectivity index (χ0) is 11.2. The van der Waals surface area contributed by atoms with Crippen LogP contribution in [0.3, 0.4) is 0 Å². The molecule has 15 heavy (non-hydrogen) atoms. The van der Waals surface area contributed by atoms with Crippen LogP contribution < -0.4 is 0 Å². The van der Waals surface area contributed by atoms with Gasteiger partial charge in [-0.05, 0) is 56.2 Å². The lowest BCUT2D eigenvalue weighted by atomic mass is 9.96. The van der Waals surface area contributed by atoms with Crippen LogP contribution in [-0.2, 0) is 6.42 Å². The van der Waals surface area contributed by atoms with Crippen molar-refractivity contribution in [3.8, 4) is 0 Å². The van der Waals surface area contributed by atoms with Gasteiger partial charge in [0.1, 0.15) is 4.33 Å². The van der Waals surface area contributed by atoms with E-state index in [1.165, 1.54) is 22.3 Å². The molecule has 0 amide bonds. The smallest absolute Gasteiger partial charge is 0.101 e. The molecule has 0 N–H and O–H groups in total. The number of alkyl halides is 2. The minimum absolute atomic E-state index is 0.445. The Labute approximate surface area is 102 Å². The van der Waals surface area contributed by atoms with E-state index in [-0.39, 0.29) is 0 Å². The molecule has 0 saturated heterocycles. The van der Waals surface area contributed by atoms with Gasteiger partial charge in [-0.3, -0.25) is 0 Å². The maximum Gasteiger partial charge on any atom is 0.121 e. The second-order valence-corrected chi connectivity index (χ2v) is 6.29. The third-order valence-electron chi connectivity index (χ3n) is 3.25. The minimum Gasteiger partial charge on any atom is -0.101 e. The largest absolute Gasteiger partial charge is 0.121 e. The fraction of sp³-hybridized carbons (Fsp3) is 0.538. The van der Waals surface area contributed by atoms with Crippen LogP contribution in [0.4, 0.5) is 0 Å². The summed E-state index contributed by atoms with van der Waals surface area (Å²) >= 11 is 12.1. The van der Waals surface area contributed by atoms with E-state index in [2.05, 4.69) is 32.9 Å². The Bertz CT molecular complexity index is 371. The van der Waals surface area contributed by atoms with Gasteiger partial charge in [0.25, 0.3) is 0 Å². The number of halogens is 2. The summed E-state index contributed by atoms with van der Waals surface area (Å²) in [4.78, 5) is 0. The van der Waals surface area contributed by atoms with E-state index in [0.717, 1.165) is 12.8 Å². The monoisotopic (exact) mass is 242 g/mol. The molecular formula is C13H16Cl2. The molecule has 1 aliphatic carbocycles. The molecule has 1 aliphatic rings. The molecule has 0 aliphatic heterocycles. The predicted octanol–water partition coefficient (Wildman–Crippen LogP) is 4.35. The molecule has 0 spiro atoms. The van der Waals surface area contributed by atoms with Gasteiger partial charge in [-0.15, -0.1) is 23.2 Å². The van der Waals surface area contributed by atoms with Crippen LogP contribution >= 0.6 is 23.2 Å². The highest BCUT2D eigenvalue weighted by atomic mass is 35.5. The fourth-order valence-electron chi connectivity index (χ4n) is 2.27. The maximum atomic E-state index is 6.06. The summed E-state index contributed by atoms with van der Waals surface area (Å²) < 4.78 is -0.455. The Morgan fingerprint density at radius 2 is 1.67 bits per heavy atom. The minimum atomic E-state index is -0.455. The van der Waals surface area contributed by atoms with Crippen LogP contribution in [-0.4, -0.2) is 4.33 Å². The van der Waals surface area contributed by atoms with E-state index in [9.17, 15) is 0 Å². The first-order valence-corrected chi connectivity index (χ1v) is 6.10. The Morgan fingerprint density at radius 1 is 1.20 bits per heavy atom. The standard InChI is InChI=1S/C13H16Cl2/c1-8-4-9(2)12(10(3)5-8)6-11-7-13(11,14)15/h4-5,11H,6-7H2,1-3H3. The van der Waals surface area contributed by atoms with Crippen LogP contribution in [0.1, 0.15) is 28.7 Å². The zero-order valence-electron chi connectivity index (χ0n) is 9.40. The molecule has 1 aromatic rings. The van der Waals surface area contributed by atoms with Crippen LogP contribution in [0, 0.1) is 26.7 Å². The summed E-state index contributed by atoms with van der Waals surface area (Å²) in [6.07, 6.45) is 1.95. The van der Waals surface area contributed by atoms with Gasteiger partial charge in [-0.1, -0.05) is 17.7 Å². The van der Waals surface area contributed by atoms with Crippen LogP contribution in [0.25, 0.3) is 0 Å². The van der Waals surface area contributed by atoms with Gasteiger partial charge in [0.2, 0.25) is 0 Å². The van der Waals surface area contributed by atoms with Crippen molar-refractivity contribution in [2.45, 2.75) is 37.9 Å². The number of benzene rings is 1. The van der Waals surface area contributed by atoms with E-state index in [0.29, 0.717) is 5.92 Å². The number of hydrogen-bond donors (Lipinski definition) is 0. The molecule has 0 aromatic heterocycles. The molecular weight excluding hydrogens is 227 g/mol. The van der Waals surface area contributed by atoms with Gasteiger partial charge in [0.15, 0.2) is 0 Å². The molecule has 1 unspecified atom stereocenters. The van der Waals surface area contributed by atoms with Crippen molar-refractivity contribution in [1.29, 1.82) is 0 Å². The van der Waals surface area contributed by atoms with E-state index < -0.39 is 4.33 Å². The topological polar surface area (TPSA) is 0 Å². The van der Waals surface area contributed by atoms with Gasteiger partial charge in [-0.25, -0.2) is 0 Å². The Morgan fingerprint density at radius 3 is 2.07 bits per heavy atom. The van der Waals surface area contributed by atoms with Gasteiger partial charge < -0.3 is 0 Å². The van der Waals surface area contributed by atoms with E-state index >= 15 is 0 Å². The number of hydrogen-bond acceptors (Lipinski definition) is 0. The van der Waals surface area contributed by atoms with Crippen molar-refractivity contribution in [3.05, 3.63) is 34.4 Å². The quantitative estimate of drug-likeness (QED) is 0.677. The van der Waals surface area contributed by atoms with Crippen LogP contribution in [0.5, 0.6) is 0 Å². The lowest BCUT2D eigenvalue weighted by molar-refractivity contribution is 0.807. The van der Waals surface area contributed by atoms with Crippen molar-refractivity contribution in [2.24, 2.45) is 5.92 Å². The molecule has 0 heterocycles. The third kappa shape index (κ3) is 2.32. The molecule has 1 saturated carbocycles. The Kier molecular flexibility index (Phi) is 2.77. The molecule has 1 fully saturated rings. The summed E-state index contributed by atoms with van der Waals surface area (Å²) in [5, 5.41) is 0. The lowest BCUT2D eigenvalue weighted by Gasteiger charge is -2.11. The predicted molar refractivity (Wildman–Crippen MR) is 66.9 cm³/mol. The van der Waals surface area contributed by atoms with Crippen molar-refractivity contribution in [1.82, 2.24) is 0 Å². The lowest BCUT2D eigenvalue weighted by Crippen LogP contribution is -2.00. The molecule has 1 atom stereocenters. The van der Waals surface area contributed by atoms with E-state index in [4.69, 9.17) is 23.2 Å². The van der Waals surface area contributed by atoms with Gasteiger partial charge in [0, 0.05) is 0 Å².